The van der Waals surface area contributed by atoms with Gasteiger partial charge in [-0.25, -0.2) is 0 Å². The van der Waals surface area contributed by atoms with Crippen molar-refractivity contribution >= 4 is 11.6 Å². The summed E-state index contributed by atoms with van der Waals surface area (Å²) in [4.78, 5) is 6.70. The molecular formula is C12H17ClN2. The minimum atomic E-state index is 0.0583. The fraction of sp³-hybridized carbons (Fsp3) is 0.583. The molecule has 0 spiro atoms. The van der Waals surface area contributed by atoms with Gasteiger partial charge < -0.3 is 0 Å². The van der Waals surface area contributed by atoms with Crippen molar-refractivity contribution in [3.05, 3.63) is 29.6 Å². The summed E-state index contributed by atoms with van der Waals surface area (Å²) >= 11 is 6.13. The molecule has 2 atom stereocenters. The smallest absolute Gasteiger partial charge is 0.0824 e. The molecule has 1 aliphatic rings. The summed E-state index contributed by atoms with van der Waals surface area (Å²) in [5, 5.41) is 0. The zero-order chi connectivity index (χ0) is 10.8. The minimum Gasteiger partial charge on any atom is -0.282 e. The van der Waals surface area contributed by atoms with E-state index >= 15 is 0 Å². The molecule has 1 aromatic heterocycles. The summed E-state index contributed by atoms with van der Waals surface area (Å²) in [6.45, 7) is 2.01. The predicted molar refractivity (Wildman–Crippen MR) is 63.0 cm³/mol. The average Bonchev–Trinajstić information content (AvgIpc) is 2.27. The van der Waals surface area contributed by atoms with Crippen molar-refractivity contribution in [3.63, 3.8) is 0 Å². The van der Waals surface area contributed by atoms with Crippen LogP contribution in [-0.4, -0.2) is 22.4 Å². The van der Waals surface area contributed by atoms with E-state index in [0.29, 0.717) is 6.04 Å². The van der Waals surface area contributed by atoms with Crippen LogP contribution in [-0.2, 0) is 6.42 Å². The summed E-state index contributed by atoms with van der Waals surface area (Å²) in [6.07, 6.45) is 5.43. The summed E-state index contributed by atoms with van der Waals surface area (Å²) < 4.78 is 0. The fourth-order valence-corrected chi connectivity index (χ4v) is 2.37. The van der Waals surface area contributed by atoms with Crippen LogP contribution in [0.2, 0.25) is 0 Å². The maximum atomic E-state index is 6.13. The molecule has 0 aliphatic heterocycles. The molecular weight excluding hydrogens is 208 g/mol. The van der Waals surface area contributed by atoms with Crippen LogP contribution in [0.25, 0.3) is 0 Å². The Hall–Kier alpha value is -0.600. The summed E-state index contributed by atoms with van der Waals surface area (Å²) in [5.74, 6) is 0. The topological polar surface area (TPSA) is 16.1 Å². The van der Waals surface area contributed by atoms with Gasteiger partial charge in [0.05, 0.1) is 17.2 Å². The zero-order valence-corrected chi connectivity index (χ0v) is 10.0. The van der Waals surface area contributed by atoms with Crippen LogP contribution in [0.15, 0.2) is 18.3 Å². The van der Waals surface area contributed by atoms with Crippen LogP contribution in [0.4, 0.5) is 0 Å². The molecule has 1 heterocycles. The number of aromatic nitrogens is 1. The van der Waals surface area contributed by atoms with Crippen LogP contribution in [0.1, 0.15) is 37.1 Å². The SMILES string of the molecule is CC(Cl)N(C)C1CCCc2cccnc21. The van der Waals surface area contributed by atoms with Gasteiger partial charge in [0.25, 0.3) is 0 Å². The van der Waals surface area contributed by atoms with Crippen LogP contribution in [0.3, 0.4) is 0 Å². The van der Waals surface area contributed by atoms with Crippen LogP contribution in [0, 0.1) is 0 Å². The van der Waals surface area contributed by atoms with Crippen molar-refractivity contribution in [1.29, 1.82) is 0 Å². The van der Waals surface area contributed by atoms with Gasteiger partial charge in [0.2, 0.25) is 0 Å². The van der Waals surface area contributed by atoms with E-state index in [-0.39, 0.29) is 5.50 Å². The van der Waals surface area contributed by atoms with Gasteiger partial charge in [-0.3, -0.25) is 9.88 Å². The largest absolute Gasteiger partial charge is 0.282 e. The molecule has 0 bridgehead atoms. The number of alkyl halides is 1. The Kier molecular flexibility index (Phi) is 3.27. The summed E-state index contributed by atoms with van der Waals surface area (Å²) in [6, 6.07) is 4.59. The number of aryl methyl sites for hydroxylation is 1. The third kappa shape index (κ3) is 2.16. The fourth-order valence-electron chi connectivity index (χ4n) is 2.23. The first-order valence-corrected chi connectivity index (χ1v) is 5.93. The average molecular weight is 225 g/mol. The predicted octanol–water partition coefficient (Wildman–Crippen LogP) is 2.98. The molecule has 2 rings (SSSR count). The van der Waals surface area contributed by atoms with Crippen molar-refractivity contribution in [1.82, 2.24) is 9.88 Å². The Bertz CT molecular complexity index is 338. The zero-order valence-electron chi connectivity index (χ0n) is 9.28. The Balaban J connectivity index is 2.29. The maximum Gasteiger partial charge on any atom is 0.0824 e. The molecule has 0 saturated carbocycles. The van der Waals surface area contributed by atoms with Crippen molar-refractivity contribution in [2.45, 2.75) is 37.7 Å². The second-order valence-corrected chi connectivity index (χ2v) is 4.83. The Morgan fingerprint density at radius 3 is 3.13 bits per heavy atom. The van der Waals surface area contributed by atoms with E-state index in [2.05, 4.69) is 23.0 Å². The van der Waals surface area contributed by atoms with E-state index in [1.54, 1.807) is 0 Å². The number of hydrogen-bond donors (Lipinski definition) is 0. The number of fused-ring (bicyclic) bond motifs is 1. The van der Waals surface area contributed by atoms with Crippen LogP contribution >= 0.6 is 11.6 Å². The third-order valence-electron chi connectivity index (χ3n) is 3.22. The monoisotopic (exact) mass is 224 g/mol. The minimum absolute atomic E-state index is 0.0583. The number of halogens is 1. The second-order valence-electron chi connectivity index (χ2n) is 4.20. The highest BCUT2D eigenvalue weighted by molar-refractivity contribution is 6.20. The lowest BCUT2D eigenvalue weighted by molar-refractivity contribution is 0.206. The van der Waals surface area contributed by atoms with Crippen molar-refractivity contribution < 1.29 is 0 Å². The maximum absolute atomic E-state index is 6.13. The van der Waals surface area contributed by atoms with Gasteiger partial charge in [-0.15, -0.1) is 11.6 Å². The van der Waals surface area contributed by atoms with Gasteiger partial charge in [-0.05, 0) is 44.9 Å². The van der Waals surface area contributed by atoms with E-state index in [4.69, 9.17) is 11.6 Å². The Morgan fingerprint density at radius 2 is 2.40 bits per heavy atom. The van der Waals surface area contributed by atoms with E-state index in [1.165, 1.54) is 17.7 Å². The highest BCUT2D eigenvalue weighted by atomic mass is 35.5. The molecule has 0 aromatic carbocycles. The molecule has 2 unspecified atom stereocenters. The third-order valence-corrected chi connectivity index (χ3v) is 3.53. The van der Waals surface area contributed by atoms with Crippen molar-refractivity contribution in [2.24, 2.45) is 0 Å². The number of pyridine rings is 1. The quantitative estimate of drug-likeness (QED) is 0.567. The van der Waals surface area contributed by atoms with E-state index in [9.17, 15) is 0 Å². The molecule has 82 valence electrons. The van der Waals surface area contributed by atoms with Crippen LogP contribution in [0.5, 0.6) is 0 Å². The van der Waals surface area contributed by atoms with Gasteiger partial charge in [0, 0.05) is 6.20 Å². The van der Waals surface area contributed by atoms with Gasteiger partial charge in [-0.1, -0.05) is 6.07 Å². The first-order valence-electron chi connectivity index (χ1n) is 5.50. The lowest BCUT2D eigenvalue weighted by atomic mass is 9.91. The van der Waals surface area contributed by atoms with E-state index in [0.717, 1.165) is 12.8 Å². The lowest BCUT2D eigenvalue weighted by Gasteiger charge is -2.33. The molecule has 0 fully saturated rings. The first kappa shape index (κ1) is 10.9. The highest BCUT2D eigenvalue weighted by Crippen LogP contribution is 2.33. The standard InChI is InChI=1S/C12H17ClN2/c1-9(13)15(2)11-7-3-5-10-6-4-8-14-12(10)11/h4,6,8-9,11H,3,5,7H2,1-2H3. The highest BCUT2D eigenvalue weighted by Gasteiger charge is 2.26. The van der Waals surface area contributed by atoms with E-state index < -0.39 is 0 Å². The van der Waals surface area contributed by atoms with Gasteiger partial charge in [0.1, 0.15) is 0 Å². The molecule has 0 N–H and O–H groups in total. The molecule has 1 aliphatic carbocycles. The van der Waals surface area contributed by atoms with Gasteiger partial charge in [-0.2, -0.15) is 0 Å². The normalized spacial score (nSPS) is 22.5. The Labute approximate surface area is 96.3 Å². The van der Waals surface area contributed by atoms with Gasteiger partial charge >= 0.3 is 0 Å². The molecule has 0 radical (unpaired) electrons. The van der Waals surface area contributed by atoms with Crippen molar-refractivity contribution in [3.8, 4) is 0 Å². The van der Waals surface area contributed by atoms with Crippen LogP contribution < -0.4 is 0 Å². The van der Waals surface area contributed by atoms with Gasteiger partial charge in [0.15, 0.2) is 0 Å². The van der Waals surface area contributed by atoms with E-state index in [1.807, 2.05) is 19.2 Å². The number of rotatable bonds is 2. The number of hydrogen-bond acceptors (Lipinski definition) is 2. The second kappa shape index (κ2) is 4.50. The molecule has 15 heavy (non-hydrogen) atoms. The number of nitrogens with zero attached hydrogens (tertiary/aromatic N) is 2. The lowest BCUT2D eigenvalue weighted by Crippen LogP contribution is -2.32. The Morgan fingerprint density at radius 1 is 1.60 bits per heavy atom. The molecule has 0 saturated heterocycles. The molecule has 1 aromatic rings. The van der Waals surface area contributed by atoms with Crippen molar-refractivity contribution in [2.75, 3.05) is 7.05 Å². The molecule has 3 heteroatoms. The molecule has 2 nitrogen and oxygen atoms in total. The summed E-state index contributed by atoms with van der Waals surface area (Å²) in [7, 11) is 2.08. The molecule has 0 amide bonds. The summed E-state index contributed by atoms with van der Waals surface area (Å²) in [5.41, 5.74) is 2.67. The first-order chi connectivity index (χ1) is 7.20.